The minimum Gasteiger partial charge on any atom is -0.396 e. The van der Waals surface area contributed by atoms with Crippen molar-refractivity contribution in [2.24, 2.45) is 5.73 Å². The summed E-state index contributed by atoms with van der Waals surface area (Å²) < 4.78 is 0. The second kappa shape index (κ2) is 31.5. The average Bonchev–Trinajstić information content (AvgIpc) is 3.60. The van der Waals surface area contributed by atoms with Crippen LogP contribution in [0.2, 0.25) is 5.28 Å². The van der Waals surface area contributed by atoms with Crippen molar-refractivity contribution < 1.29 is 20.4 Å². The number of hydrogen-bond donors (Lipinski definition) is 8. The minimum atomic E-state index is -0.101. The molecule has 17 heteroatoms. The number of para-hydroxylation sites is 2. The Hall–Kier alpha value is -6.67. The smallest absolute Gasteiger partial charge is 0.225 e. The Bertz CT molecular complexity index is 3540. The number of aromatic nitrogens is 4. The lowest BCUT2D eigenvalue weighted by Gasteiger charge is -2.21. The highest BCUT2D eigenvalue weighted by Crippen LogP contribution is 2.36. The van der Waals surface area contributed by atoms with Gasteiger partial charge in [-0.05, 0) is 143 Å². The topological polar surface area (TPSA) is 195 Å². The van der Waals surface area contributed by atoms with Gasteiger partial charge in [0.25, 0.3) is 0 Å². The highest BCUT2D eigenvalue weighted by molar-refractivity contribution is 8.00. The molecule has 0 aliphatic rings. The number of nitrogens with two attached hydrogens (primary N) is 1. The number of fused-ring (bicyclic) bond motifs is 2. The number of thioether (sulfide) groups is 2. The molecule has 2 atom stereocenters. The summed E-state index contributed by atoms with van der Waals surface area (Å²) >= 11 is 12.8. The molecule has 8 aromatic carbocycles. The van der Waals surface area contributed by atoms with Crippen molar-refractivity contribution >= 4 is 98.0 Å². The molecule has 2 heterocycles. The second-order valence-electron chi connectivity index (χ2n) is 18.2. The maximum atomic E-state index is 9.81. The molecule has 0 radical (unpaired) electrons. The van der Waals surface area contributed by atoms with Crippen LogP contribution in [0.4, 0.5) is 17.6 Å². The van der Waals surface area contributed by atoms with Crippen LogP contribution in [-0.4, -0.2) is 66.1 Å². The number of nitrogens with one attached hydrogen (secondary N) is 3. The van der Waals surface area contributed by atoms with Gasteiger partial charge in [-0.2, -0.15) is 4.98 Å². The van der Waals surface area contributed by atoms with Gasteiger partial charge in [0.2, 0.25) is 11.2 Å². The molecule has 9 N–H and O–H groups in total. The number of hydrogen-bond acceptors (Lipinski definition) is 16. The Morgan fingerprint density at radius 3 is 1.31 bits per heavy atom. The van der Waals surface area contributed by atoms with E-state index in [4.69, 9.17) is 27.3 Å². The van der Waals surface area contributed by atoms with Crippen molar-refractivity contribution in [1.82, 2.24) is 19.9 Å². The van der Waals surface area contributed by atoms with E-state index in [1.165, 1.54) is 9.79 Å². The number of rotatable bonds is 22. The molecule has 0 amide bonds. The molecule has 0 fully saturated rings. The molecule has 0 spiro atoms. The van der Waals surface area contributed by atoms with E-state index in [0.29, 0.717) is 37.7 Å². The molecule has 0 saturated heterocycles. The van der Waals surface area contributed by atoms with E-state index >= 15 is 0 Å². The summed E-state index contributed by atoms with van der Waals surface area (Å²) in [5.74, 6) is 1.93. The first-order chi connectivity index (χ1) is 39.7. The van der Waals surface area contributed by atoms with Crippen LogP contribution in [0.3, 0.4) is 0 Å². The quantitative estimate of drug-likeness (QED) is 0.0236. The fraction of sp³-hybridized carbons (Fsp3) is 0.188. The predicted octanol–water partition coefficient (Wildman–Crippen LogP) is 14.5. The molecule has 10 aromatic rings. The molecule has 0 aliphatic carbocycles. The Labute approximate surface area is 495 Å². The van der Waals surface area contributed by atoms with Gasteiger partial charge in [0, 0.05) is 66.4 Å². The van der Waals surface area contributed by atoms with E-state index in [1.54, 1.807) is 47.0 Å². The van der Waals surface area contributed by atoms with Crippen molar-refractivity contribution in [2.45, 2.75) is 80.6 Å². The molecule has 12 nitrogen and oxygen atoms in total. The summed E-state index contributed by atoms with van der Waals surface area (Å²) in [6, 6.07) is 64.3. The van der Waals surface area contributed by atoms with Crippen molar-refractivity contribution in [3.05, 3.63) is 233 Å². The summed E-state index contributed by atoms with van der Waals surface area (Å²) in [5, 5.41) is 50.8. The summed E-state index contributed by atoms with van der Waals surface area (Å²) in [6.45, 7) is 1.28. The SMILES string of the molecule is CSc1ccc(C(CCO)Nc2nc(Cl)nc3ccccc23)cc1.CSc1ccc(C(CCO)Nc2nc(NCc3ccccc3Sc3ccccc3CO)nc3ccccc23)cc1.NCc1ccccc1Sc1ccccc1CO. The predicted molar refractivity (Wildman–Crippen MR) is 338 cm³/mol. The molecular weight excluding hydrogens is 1110 g/mol. The lowest BCUT2D eigenvalue weighted by Crippen LogP contribution is -2.15. The normalized spacial score (nSPS) is 11.7. The van der Waals surface area contributed by atoms with Crippen LogP contribution >= 0.6 is 58.6 Å². The molecule has 416 valence electrons. The molecule has 2 aromatic heterocycles. The van der Waals surface area contributed by atoms with Crippen LogP contribution in [0.5, 0.6) is 0 Å². The van der Waals surface area contributed by atoms with Crippen LogP contribution in [0.1, 0.15) is 58.3 Å². The molecular formula is C64H65ClN8O4S4. The Morgan fingerprint density at radius 2 is 0.852 bits per heavy atom. The van der Waals surface area contributed by atoms with Crippen molar-refractivity contribution in [2.75, 3.05) is 41.7 Å². The summed E-state index contributed by atoms with van der Waals surface area (Å²) in [5.41, 5.74) is 13.6. The van der Waals surface area contributed by atoms with Crippen molar-refractivity contribution in [1.29, 1.82) is 0 Å². The monoisotopic (exact) mass is 1170 g/mol. The molecule has 10 rings (SSSR count). The zero-order valence-electron chi connectivity index (χ0n) is 45.0. The third kappa shape index (κ3) is 17.0. The van der Waals surface area contributed by atoms with Crippen LogP contribution in [0.15, 0.2) is 223 Å². The van der Waals surface area contributed by atoms with Crippen LogP contribution in [0.25, 0.3) is 21.8 Å². The highest BCUT2D eigenvalue weighted by atomic mass is 35.5. The molecule has 81 heavy (non-hydrogen) atoms. The fourth-order valence-corrected chi connectivity index (χ4v) is 11.9. The first-order valence-electron chi connectivity index (χ1n) is 26.3. The van der Waals surface area contributed by atoms with Crippen LogP contribution < -0.4 is 21.7 Å². The number of nitrogens with zero attached hydrogens (tertiary/aromatic N) is 4. The van der Waals surface area contributed by atoms with Gasteiger partial charge < -0.3 is 42.1 Å². The number of benzene rings is 8. The molecule has 0 saturated carbocycles. The third-order valence-electron chi connectivity index (χ3n) is 13.0. The average molecular weight is 1170 g/mol. The fourth-order valence-electron chi connectivity index (χ4n) is 8.73. The maximum absolute atomic E-state index is 9.81. The zero-order valence-corrected chi connectivity index (χ0v) is 49.0. The first-order valence-corrected chi connectivity index (χ1v) is 30.7. The van der Waals surface area contributed by atoms with Crippen molar-refractivity contribution in [3.63, 3.8) is 0 Å². The number of halogens is 1. The van der Waals surface area contributed by atoms with E-state index in [-0.39, 0.29) is 43.8 Å². The molecule has 0 bridgehead atoms. The van der Waals surface area contributed by atoms with Gasteiger partial charge in [-0.1, -0.05) is 145 Å². The van der Waals surface area contributed by atoms with E-state index in [0.717, 1.165) is 80.6 Å². The van der Waals surface area contributed by atoms with Crippen molar-refractivity contribution in [3.8, 4) is 0 Å². The van der Waals surface area contributed by atoms with Gasteiger partial charge in [-0.25, -0.2) is 15.0 Å². The Kier molecular flexibility index (Phi) is 23.5. The van der Waals surface area contributed by atoms with E-state index in [1.807, 2.05) is 134 Å². The summed E-state index contributed by atoms with van der Waals surface area (Å²) in [6.07, 6.45) is 5.24. The second-order valence-corrected chi connectivity index (χ2v) is 22.5. The zero-order chi connectivity index (χ0) is 56.8. The van der Waals surface area contributed by atoms with Gasteiger partial charge in [0.15, 0.2) is 0 Å². The Morgan fingerprint density at radius 1 is 0.457 bits per heavy atom. The van der Waals surface area contributed by atoms with Gasteiger partial charge in [-0.3, -0.25) is 0 Å². The summed E-state index contributed by atoms with van der Waals surface area (Å²) in [4.78, 5) is 25.0. The van der Waals surface area contributed by atoms with E-state index < -0.39 is 0 Å². The highest BCUT2D eigenvalue weighted by Gasteiger charge is 2.18. The number of anilines is 3. The van der Waals surface area contributed by atoms with Crippen LogP contribution in [-0.2, 0) is 26.3 Å². The van der Waals surface area contributed by atoms with Gasteiger partial charge >= 0.3 is 0 Å². The Balaban J connectivity index is 0.000000177. The number of aliphatic hydroxyl groups is 4. The number of aliphatic hydroxyl groups excluding tert-OH is 4. The molecule has 2 unspecified atom stereocenters. The van der Waals surface area contributed by atoms with Crippen LogP contribution in [0, 0.1) is 0 Å². The maximum Gasteiger partial charge on any atom is 0.225 e. The van der Waals surface area contributed by atoms with Gasteiger partial charge in [0.05, 0.1) is 36.3 Å². The largest absolute Gasteiger partial charge is 0.396 e. The van der Waals surface area contributed by atoms with Gasteiger partial charge in [-0.15, -0.1) is 23.5 Å². The molecule has 0 aliphatic heterocycles. The summed E-state index contributed by atoms with van der Waals surface area (Å²) in [7, 11) is 0. The standard InChI is InChI=1S/C32H32N4O2S2.C18H18ClN3OS.C14H15NOS/c1-39-25-16-14-22(15-17-25)27(18-19-37)34-31-26-10-4-5-11-28(26)35-32(36-31)33-20-23-8-2-6-12-29(23)40-30-13-7-3-9-24(30)21-38;1-24-13-8-6-12(7-9-13)15(10-11-23)20-17-14-4-2-3-5-16(14)21-18(19)22-17;15-9-11-5-1-3-7-13(11)17-14-8-4-2-6-12(14)10-16/h2-17,27,37-38H,18-21H2,1H3,(H2,33,34,35,36);2-9,15,23H,10-11H2,1H3,(H,20,21,22);1-8,16H,9-10,15H2. The first kappa shape index (κ1) is 60.4. The van der Waals surface area contributed by atoms with Gasteiger partial charge in [0.1, 0.15) is 11.6 Å². The van der Waals surface area contributed by atoms with E-state index in [2.05, 4.69) is 98.9 Å². The van der Waals surface area contributed by atoms with E-state index in [9.17, 15) is 20.4 Å². The lowest BCUT2D eigenvalue weighted by molar-refractivity contribution is 0.278. The lowest BCUT2D eigenvalue weighted by atomic mass is 10.0. The third-order valence-corrected chi connectivity index (χ3v) is 17.1. The minimum absolute atomic E-state index is 0.00326.